The van der Waals surface area contributed by atoms with Gasteiger partial charge in [-0.1, -0.05) is 55.7 Å². The molecule has 1 aliphatic carbocycles. The van der Waals surface area contributed by atoms with Crippen LogP contribution in [0, 0.1) is 18.8 Å². The summed E-state index contributed by atoms with van der Waals surface area (Å²) in [5.41, 5.74) is 3.56. The molecule has 0 bridgehead atoms. The van der Waals surface area contributed by atoms with E-state index in [9.17, 15) is 4.79 Å². The number of pyridine rings is 1. The minimum Gasteiger partial charge on any atom is -0.486 e. The van der Waals surface area contributed by atoms with Crippen LogP contribution < -0.4 is 4.74 Å². The van der Waals surface area contributed by atoms with Crippen LogP contribution in [0.2, 0.25) is 5.02 Å². The fourth-order valence-electron chi connectivity index (χ4n) is 3.64. The van der Waals surface area contributed by atoms with Crippen LogP contribution in [0.15, 0.2) is 48.0 Å². The summed E-state index contributed by atoms with van der Waals surface area (Å²) >= 11 is 6.22. The number of benzene rings is 1. The van der Waals surface area contributed by atoms with Crippen molar-refractivity contribution in [3.05, 3.63) is 70.0 Å². The van der Waals surface area contributed by atoms with Crippen LogP contribution in [0.1, 0.15) is 61.3 Å². The standard InChI is InChI=1S/C24H28ClNO2/c1-16-6-4-7-18(3)19(12-16)14-23(27)22-9-5-8-20(26-22)15-28-24-11-10-17(2)13-21(24)25/h5,8-13,16,18H,4,6-7,14-15H2,1-3H3. The number of allylic oxidation sites excluding steroid dienone is 2. The van der Waals surface area contributed by atoms with Crippen LogP contribution in [-0.2, 0) is 6.61 Å². The zero-order chi connectivity index (χ0) is 20.1. The van der Waals surface area contributed by atoms with Gasteiger partial charge in [0.25, 0.3) is 0 Å². The fourth-order valence-corrected chi connectivity index (χ4v) is 3.93. The summed E-state index contributed by atoms with van der Waals surface area (Å²) < 4.78 is 5.79. The number of hydrogen-bond acceptors (Lipinski definition) is 3. The van der Waals surface area contributed by atoms with Crippen LogP contribution >= 0.6 is 11.6 Å². The number of hydrogen-bond donors (Lipinski definition) is 0. The molecule has 3 nitrogen and oxygen atoms in total. The van der Waals surface area contributed by atoms with Crippen molar-refractivity contribution in [2.24, 2.45) is 11.8 Å². The summed E-state index contributed by atoms with van der Waals surface area (Å²) in [4.78, 5) is 17.4. The molecule has 2 unspecified atom stereocenters. The highest BCUT2D eigenvalue weighted by Gasteiger charge is 2.19. The SMILES string of the molecule is Cc1ccc(OCc2cccc(C(=O)CC3=CC(C)CCCC3C)n2)c(Cl)c1. The van der Waals surface area contributed by atoms with E-state index in [4.69, 9.17) is 16.3 Å². The van der Waals surface area contributed by atoms with E-state index >= 15 is 0 Å². The quantitative estimate of drug-likeness (QED) is 0.408. The lowest BCUT2D eigenvalue weighted by molar-refractivity contribution is 0.0984. The van der Waals surface area contributed by atoms with E-state index in [0.717, 1.165) is 17.7 Å². The number of Topliss-reactive ketones (excluding diaryl/α,β-unsaturated/α-hetero) is 1. The Morgan fingerprint density at radius 1 is 1.21 bits per heavy atom. The normalized spacial score (nSPS) is 19.6. The van der Waals surface area contributed by atoms with Gasteiger partial charge in [0.1, 0.15) is 18.1 Å². The first kappa shape index (κ1) is 20.6. The van der Waals surface area contributed by atoms with Gasteiger partial charge in [-0.3, -0.25) is 4.79 Å². The van der Waals surface area contributed by atoms with Gasteiger partial charge >= 0.3 is 0 Å². The van der Waals surface area contributed by atoms with E-state index in [-0.39, 0.29) is 12.4 Å². The molecular weight excluding hydrogens is 370 g/mol. The van der Waals surface area contributed by atoms with E-state index in [2.05, 4.69) is 24.9 Å². The maximum atomic E-state index is 12.8. The molecule has 0 amide bonds. The molecule has 1 aliphatic rings. The first-order valence-corrected chi connectivity index (χ1v) is 10.4. The summed E-state index contributed by atoms with van der Waals surface area (Å²) in [6.45, 7) is 6.72. The van der Waals surface area contributed by atoms with Crippen molar-refractivity contribution >= 4 is 17.4 Å². The third kappa shape index (κ3) is 5.45. The number of carbonyl (C=O) groups excluding carboxylic acids is 1. The molecule has 2 aromatic rings. The van der Waals surface area contributed by atoms with Gasteiger partial charge in [-0.2, -0.15) is 0 Å². The number of ketones is 1. The van der Waals surface area contributed by atoms with Crippen LogP contribution in [0.3, 0.4) is 0 Å². The summed E-state index contributed by atoms with van der Waals surface area (Å²) in [6.07, 6.45) is 6.33. The fraction of sp³-hybridized carbons (Fsp3) is 0.417. The lowest BCUT2D eigenvalue weighted by Gasteiger charge is -2.14. The number of halogens is 1. The second kappa shape index (κ2) is 9.38. The summed E-state index contributed by atoms with van der Waals surface area (Å²) in [6, 6.07) is 11.2. The maximum Gasteiger partial charge on any atom is 0.185 e. The van der Waals surface area contributed by atoms with Gasteiger partial charge in [0.05, 0.1) is 10.7 Å². The molecule has 0 saturated heterocycles. The Morgan fingerprint density at radius 3 is 2.82 bits per heavy atom. The first-order chi connectivity index (χ1) is 13.4. The van der Waals surface area contributed by atoms with Gasteiger partial charge in [-0.15, -0.1) is 0 Å². The van der Waals surface area contributed by atoms with E-state index in [0.29, 0.717) is 34.7 Å². The summed E-state index contributed by atoms with van der Waals surface area (Å²) in [5.74, 6) is 1.70. The number of aryl methyl sites for hydroxylation is 1. The predicted molar refractivity (Wildman–Crippen MR) is 114 cm³/mol. The largest absolute Gasteiger partial charge is 0.486 e. The molecule has 1 aromatic carbocycles. The van der Waals surface area contributed by atoms with Crippen LogP contribution in [0.25, 0.3) is 0 Å². The molecule has 0 fully saturated rings. The van der Waals surface area contributed by atoms with Crippen molar-refractivity contribution in [2.45, 2.75) is 53.1 Å². The monoisotopic (exact) mass is 397 g/mol. The number of aromatic nitrogens is 1. The van der Waals surface area contributed by atoms with Crippen molar-refractivity contribution < 1.29 is 9.53 Å². The van der Waals surface area contributed by atoms with Gasteiger partial charge < -0.3 is 4.74 Å². The van der Waals surface area contributed by atoms with Crippen molar-refractivity contribution in [2.75, 3.05) is 0 Å². The second-order valence-corrected chi connectivity index (χ2v) is 8.29. The summed E-state index contributed by atoms with van der Waals surface area (Å²) in [5, 5.41) is 0.579. The third-order valence-corrected chi connectivity index (χ3v) is 5.64. The van der Waals surface area contributed by atoms with Gasteiger partial charge in [0, 0.05) is 6.42 Å². The molecule has 0 saturated carbocycles. The predicted octanol–water partition coefficient (Wildman–Crippen LogP) is 6.58. The van der Waals surface area contributed by atoms with E-state index in [1.165, 1.54) is 18.4 Å². The molecule has 0 aliphatic heterocycles. The number of carbonyl (C=O) groups is 1. The van der Waals surface area contributed by atoms with Gasteiger partial charge in [0.15, 0.2) is 5.78 Å². The molecule has 28 heavy (non-hydrogen) atoms. The van der Waals surface area contributed by atoms with E-state index in [1.54, 1.807) is 6.07 Å². The molecule has 1 heterocycles. The minimum absolute atomic E-state index is 0.0717. The van der Waals surface area contributed by atoms with Crippen molar-refractivity contribution in [3.63, 3.8) is 0 Å². The van der Waals surface area contributed by atoms with Gasteiger partial charge in [-0.25, -0.2) is 4.98 Å². The highest BCUT2D eigenvalue weighted by molar-refractivity contribution is 6.32. The average molecular weight is 398 g/mol. The Kier molecular flexibility index (Phi) is 6.90. The molecule has 0 spiro atoms. The molecule has 2 atom stereocenters. The number of ether oxygens (including phenoxy) is 1. The zero-order valence-corrected chi connectivity index (χ0v) is 17.6. The third-order valence-electron chi connectivity index (χ3n) is 5.35. The first-order valence-electron chi connectivity index (χ1n) is 10.0. The molecule has 1 aromatic heterocycles. The highest BCUT2D eigenvalue weighted by Crippen LogP contribution is 2.29. The Morgan fingerprint density at radius 2 is 2.04 bits per heavy atom. The highest BCUT2D eigenvalue weighted by atomic mass is 35.5. The van der Waals surface area contributed by atoms with E-state index in [1.807, 2.05) is 37.3 Å². The van der Waals surface area contributed by atoms with Crippen molar-refractivity contribution in [3.8, 4) is 5.75 Å². The molecule has 3 rings (SSSR count). The zero-order valence-electron chi connectivity index (χ0n) is 16.9. The second-order valence-electron chi connectivity index (χ2n) is 7.89. The number of nitrogens with zero attached hydrogens (tertiary/aromatic N) is 1. The Balaban J connectivity index is 1.67. The molecule has 148 valence electrons. The summed E-state index contributed by atoms with van der Waals surface area (Å²) in [7, 11) is 0. The Labute approximate surface area is 172 Å². The minimum atomic E-state index is 0.0717. The van der Waals surface area contributed by atoms with Crippen LogP contribution in [0.5, 0.6) is 5.75 Å². The molecule has 4 heteroatoms. The molecule has 0 N–H and O–H groups in total. The molecular formula is C24H28ClNO2. The van der Waals surface area contributed by atoms with Gasteiger partial charge in [0.2, 0.25) is 0 Å². The Bertz CT molecular complexity index is 875. The van der Waals surface area contributed by atoms with Crippen molar-refractivity contribution in [1.82, 2.24) is 4.98 Å². The van der Waals surface area contributed by atoms with Crippen LogP contribution in [-0.4, -0.2) is 10.8 Å². The van der Waals surface area contributed by atoms with Gasteiger partial charge in [-0.05, 0) is 61.4 Å². The lowest BCUT2D eigenvalue weighted by atomic mass is 9.92. The smallest absolute Gasteiger partial charge is 0.185 e. The molecule has 0 radical (unpaired) electrons. The average Bonchev–Trinajstić information content (AvgIpc) is 2.82. The lowest BCUT2D eigenvalue weighted by Crippen LogP contribution is -2.10. The van der Waals surface area contributed by atoms with Crippen LogP contribution in [0.4, 0.5) is 0 Å². The number of rotatable bonds is 6. The van der Waals surface area contributed by atoms with Crippen molar-refractivity contribution in [1.29, 1.82) is 0 Å². The maximum absolute atomic E-state index is 12.8. The van der Waals surface area contributed by atoms with E-state index < -0.39 is 0 Å². The Hall–Kier alpha value is -2.13. The topological polar surface area (TPSA) is 39.2 Å².